The third kappa shape index (κ3) is 7.79. The highest BCUT2D eigenvalue weighted by Gasteiger charge is 2.18. The summed E-state index contributed by atoms with van der Waals surface area (Å²) in [5.41, 5.74) is 1.12. The van der Waals surface area contributed by atoms with Gasteiger partial charge in [0.05, 0.1) is 0 Å². The molecule has 0 aliphatic carbocycles. The molecule has 1 aliphatic rings. The molecule has 24 heavy (non-hydrogen) atoms. The zero-order chi connectivity index (χ0) is 15.8. The van der Waals surface area contributed by atoms with Gasteiger partial charge in [-0.3, -0.25) is 9.69 Å². The first kappa shape index (κ1) is 23.1. The van der Waals surface area contributed by atoms with E-state index < -0.39 is 0 Å². The van der Waals surface area contributed by atoms with Gasteiger partial charge in [0.15, 0.2) is 0 Å². The first-order chi connectivity index (χ1) is 10.7. The molecule has 2 rings (SSSR count). The number of nitrogens with zero attached hydrogens (tertiary/aromatic N) is 2. The number of hydrogen-bond acceptors (Lipinski definition) is 3. The van der Waals surface area contributed by atoms with Crippen molar-refractivity contribution in [3.05, 3.63) is 35.6 Å². The molecule has 1 amide bonds. The molecule has 1 aromatic carbocycles. The standard InChI is InChI=1S/C17H26FN3O.2ClH/c1-19-9-2-4-17(22)21-11-3-10-20(12-13-21)14-15-5-7-16(18)8-6-15;;/h5-8,19H,2-4,9-14H2,1H3;2*1H. The van der Waals surface area contributed by atoms with Crippen LogP contribution in [0.1, 0.15) is 24.8 Å². The van der Waals surface area contributed by atoms with E-state index in [2.05, 4.69) is 10.2 Å². The summed E-state index contributed by atoms with van der Waals surface area (Å²) in [5, 5.41) is 3.07. The molecule has 1 aliphatic heterocycles. The summed E-state index contributed by atoms with van der Waals surface area (Å²) >= 11 is 0. The molecule has 0 aromatic heterocycles. The molecular formula is C17H28Cl2FN3O. The molecule has 1 heterocycles. The van der Waals surface area contributed by atoms with Crippen molar-refractivity contribution in [3.8, 4) is 0 Å². The number of halogens is 3. The Bertz CT molecular complexity index is 473. The fourth-order valence-electron chi connectivity index (χ4n) is 2.80. The molecule has 0 saturated carbocycles. The molecule has 138 valence electrons. The van der Waals surface area contributed by atoms with Crippen molar-refractivity contribution in [1.29, 1.82) is 0 Å². The fraction of sp³-hybridized carbons (Fsp3) is 0.588. The van der Waals surface area contributed by atoms with E-state index in [0.717, 1.165) is 57.7 Å². The largest absolute Gasteiger partial charge is 0.341 e. The summed E-state index contributed by atoms with van der Waals surface area (Å²) < 4.78 is 12.9. The van der Waals surface area contributed by atoms with Gasteiger partial charge in [0.25, 0.3) is 0 Å². The number of rotatable bonds is 6. The predicted octanol–water partition coefficient (Wildman–Crippen LogP) is 2.70. The van der Waals surface area contributed by atoms with E-state index in [9.17, 15) is 9.18 Å². The Morgan fingerprint density at radius 1 is 1.12 bits per heavy atom. The first-order valence-electron chi connectivity index (χ1n) is 8.08. The Labute approximate surface area is 156 Å². The SMILES string of the molecule is CNCCCC(=O)N1CCCN(Cc2ccc(F)cc2)CC1.Cl.Cl. The lowest BCUT2D eigenvalue weighted by molar-refractivity contribution is -0.131. The Morgan fingerprint density at radius 3 is 2.50 bits per heavy atom. The average molecular weight is 380 g/mol. The van der Waals surface area contributed by atoms with Crippen LogP contribution >= 0.6 is 24.8 Å². The van der Waals surface area contributed by atoms with E-state index in [1.165, 1.54) is 12.1 Å². The maximum Gasteiger partial charge on any atom is 0.222 e. The second-order valence-corrected chi connectivity index (χ2v) is 5.84. The maximum absolute atomic E-state index is 12.9. The Balaban J connectivity index is 0.00000264. The summed E-state index contributed by atoms with van der Waals surface area (Å²) in [6.45, 7) is 5.21. The molecule has 0 spiro atoms. The van der Waals surface area contributed by atoms with Gasteiger partial charge in [-0.05, 0) is 44.1 Å². The van der Waals surface area contributed by atoms with Crippen molar-refractivity contribution in [1.82, 2.24) is 15.1 Å². The molecule has 7 heteroatoms. The molecule has 0 radical (unpaired) electrons. The monoisotopic (exact) mass is 379 g/mol. The van der Waals surface area contributed by atoms with Gasteiger partial charge in [0.1, 0.15) is 5.82 Å². The lowest BCUT2D eigenvalue weighted by Crippen LogP contribution is -2.35. The van der Waals surface area contributed by atoms with Crippen LogP contribution in [0.2, 0.25) is 0 Å². The van der Waals surface area contributed by atoms with Gasteiger partial charge in [-0.1, -0.05) is 12.1 Å². The zero-order valence-electron chi connectivity index (χ0n) is 14.2. The number of nitrogens with one attached hydrogen (secondary N) is 1. The summed E-state index contributed by atoms with van der Waals surface area (Å²) in [6, 6.07) is 6.68. The van der Waals surface area contributed by atoms with Gasteiger partial charge >= 0.3 is 0 Å². The highest BCUT2D eigenvalue weighted by Crippen LogP contribution is 2.11. The van der Waals surface area contributed by atoms with Crippen LogP contribution < -0.4 is 5.32 Å². The van der Waals surface area contributed by atoms with Crippen molar-refractivity contribution in [2.24, 2.45) is 0 Å². The van der Waals surface area contributed by atoms with Gasteiger partial charge in [0, 0.05) is 39.1 Å². The molecule has 1 aromatic rings. The molecule has 4 nitrogen and oxygen atoms in total. The van der Waals surface area contributed by atoms with E-state index in [1.54, 1.807) is 0 Å². The topological polar surface area (TPSA) is 35.6 Å². The quantitative estimate of drug-likeness (QED) is 0.771. The maximum atomic E-state index is 12.9. The van der Waals surface area contributed by atoms with Crippen molar-refractivity contribution in [2.45, 2.75) is 25.8 Å². The molecule has 0 unspecified atom stereocenters. The minimum Gasteiger partial charge on any atom is -0.341 e. The van der Waals surface area contributed by atoms with Gasteiger partial charge in [-0.2, -0.15) is 0 Å². The first-order valence-corrected chi connectivity index (χ1v) is 8.08. The second kappa shape index (κ2) is 12.5. The predicted molar refractivity (Wildman–Crippen MR) is 101 cm³/mol. The van der Waals surface area contributed by atoms with Gasteiger partial charge in [-0.25, -0.2) is 4.39 Å². The third-order valence-electron chi connectivity index (χ3n) is 4.08. The highest BCUT2D eigenvalue weighted by atomic mass is 35.5. The van der Waals surface area contributed by atoms with E-state index >= 15 is 0 Å². The molecule has 1 saturated heterocycles. The van der Waals surface area contributed by atoms with Crippen molar-refractivity contribution in [2.75, 3.05) is 39.8 Å². The summed E-state index contributed by atoms with van der Waals surface area (Å²) in [6.07, 6.45) is 2.52. The zero-order valence-corrected chi connectivity index (χ0v) is 15.8. The fourth-order valence-corrected chi connectivity index (χ4v) is 2.80. The lowest BCUT2D eigenvalue weighted by atomic mass is 10.2. The summed E-state index contributed by atoms with van der Waals surface area (Å²) in [4.78, 5) is 16.5. The molecule has 0 atom stereocenters. The molecule has 1 fully saturated rings. The van der Waals surface area contributed by atoms with E-state index in [-0.39, 0.29) is 36.5 Å². The summed E-state index contributed by atoms with van der Waals surface area (Å²) in [5.74, 6) is 0.0665. The van der Waals surface area contributed by atoms with Gasteiger partial charge < -0.3 is 10.2 Å². The van der Waals surface area contributed by atoms with Crippen LogP contribution in [0, 0.1) is 5.82 Å². The van der Waals surface area contributed by atoms with Gasteiger partial charge in [0.2, 0.25) is 5.91 Å². The van der Waals surface area contributed by atoms with Crippen molar-refractivity contribution < 1.29 is 9.18 Å². The Morgan fingerprint density at radius 2 is 1.83 bits per heavy atom. The normalized spacial score (nSPS) is 15.2. The van der Waals surface area contributed by atoms with E-state index in [1.807, 2.05) is 24.1 Å². The number of amides is 1. The van der Waals surface area contributed by atoms with Gasteiger partial charge in [-0.15, -0.1) is 24.8 Å². The third-order valence-corrected chi connectivity index (χ3v) is 4.08. The summed E-state index contributed by atoms with van der Waals surface area (Å²) in [7, 11) is 1.91. The van der Waals surface area contributed by atoms with Crippen LogP contribution in [-0.2, 0) is 11.3 Å². The number of carbonyl (C=O) groups is 1. The minimum absolute atomic E-state index is 0. The van der Waals surface area contributed by atoms with Crippen LogP contribution in [-0.4, -0.2) is 55.5 Å². The van der Waals surface area contributed by atoms with Crippen LogP contribution in [0.4, 0.5) is 4.39 Å². The molecule has 0 bridgehead atoms. The van der Waals surface area contributed by atoms with Crippen LogP contribution in [0.15, 0.2) is 24.3 Å². The van der Waals surface area contributed by atoms with Crippen LogP contribution in [0.25, 0.3) is 0 Å². The number of benzene rings is 1. The number of hydrogen-bond donors (Lipinski definition) is 1. The Kier molecular flexibility index (Phi) is 12.0. The van der Waals surface area contributed by atoms with Crippen LogP contribution in [0.3, 0.4) is 0 Å². The van der Waals surface area contributed by atoms with Crippen molar-refractivity contribution >= 4 is 30.7 Å². The lowest BCUT2D eigenvalue weighted by Gasteiger charge is -2.22. The van der Waals surface area contributed by atoms with E-state index in [0.29, 0.717) is 6.42 Å². The molecular weight excluding hydrogens is 352 g/mol. The Hall–Kier alpha value is -0.880. The highest BCUT2D eigenvalue weighted by molar-refractivity contribution is 5.85. The van der Waals surface area contributed by atoms with Crippen LogP contribution in [0.5, 0.6) is 0 Å². The smallest absolute Gasteiger partial charge is 0.222 e. The average Bonchev–Trinajstić information content (AvgIpc) is 2.75. The minimum atomic E-state index is -0.196. The molecule has 1 N–H and O–H groups in total. The number of carbonyl (C=O) groups excluding carboxylic acids is 1. The second-order valence-electron chi connectivity index (χ2n) is 5.84. The van der Waals surface area contributed by atoms with E-state index in [4.69, 9.17) is 0 Å². The van der Waals surface area contributed by atoms with Crippen molar-refractivity contribution in [3.63, 3.8) is 0 Å².